The highest BCUT2D eigenvalue weighted by Gasteiger charge is 1.89. The summed E-state index contributed by atoms with van der Waals surface area (Å²) in [4.78, 5) is 0. The maximum absolute atomic E-state index is 5.40. The number of ether oxygens (including phenoxy) is 3. The van der Waals surface area contributed by atoms with Crippen LogP contribution in [0.25, 0.3) is 0 Å². The van der Waals surface area contributed by atoms with Crippen molar-refractivity contribution >= 4 is 11.6 Å². The highest BCUT2D eigenvalue weighted by atomic mass is 35.5. The smallest absolute Gasteiger partial charge is 0.0701 e. The van der Waals surface area contributed by atoms with Crippen LogP contribution in [0.3, 0.4) is 0 Å². The van der Waals surface area contributed by atoms with Crippen LogP contribution in [0.15, 0.2) is 0 Å². The molecule has 0 bridgehead atoms. The number of hydrogen-bond acceptors (Lipinski definition) is 4. The van der Waals surface area contributed by atoms with E-state index in [-0.39, 0.29) is 0 Å². The van der Waals surface area contributed by atoms with Crippen LogP contribution < -0.4 is 5.73 Å². The summed E-state index contributed by atoms with van der Waals surface area (Å²) in [6, 6.07) is 0. The minimum Gasteiger partial charge on any atom is -0.378 e. The molecular weight excluding hydrogens is 194 g/mol. The van der Waals surface area contributed by atoms with Gasteiger partial charge in [-0.05, 0) is 0 Å². The quantitative estimate of drug-likeness (QED) is 0.415. The van der Waals surface area contributed by atoms with E-state index in [4.69, 9.17) is 31.5 Å². The molecule has 5 heteroatoms. The molecule has 0 amide bonds. The van der Waals surface area contributed by atoms with Gasteiger partial charge in [0, 0.05) is 12.4 Å². The van der Waals surface area contributed by atoms with Gasteiger partial charge in [-0.2, -0.15) is 0 Å². The molecule has 0 aromatic rings. The Kier molecular flexibility index (Phi) is 12.3. The van der Waals surface area contributed by atoms with E-state index < -0.39 is 0 Å². The lowest BCUT2D eigenvalue weighted by Gasteiger charge is -2.04. The van der Waals surface area contributed by atoms with Gasteiger partial charge in [0.1, 0.15) is 0 Å². The second kappa shape index (κ2) is 12.1. The Morgan fingerprint density at radius 2 is 1.23 bits per heavy atom. The zero-order chi connectivity index (χ0) is 9.78. The van der Waals surface area contributed by atoms with Gasteiger partial charge in [-0.3, -0.25) is 0 Å². The SMILES string of the molecule is NCCOCCOCCOCCCl. The second-order valence-electron chi connectivity index (χ2n) is 2.31. The lowest BCUT2D eigenvalue weighted by Crippen LogP contribution is -2.13. The molecule has 0 heterocycles. The second-order valence-corrected chi connectivity index (χ2v) is 2.69. The van der Waals surface area contributed by atoms with Crippen molar-refractivity contribution < 1.29 is 14.2 Å². The Bertz CT molecular complexity index is 85.5. The molecule has 0 aliphatic rings. The summed E-state index contributed by atoms with van der Waals surface area (Å²) in [5, 5.41) is 0. The van der Waals surface area contributed by atoms with Crippen molar-refractivity contribution in [1.29, 1.82) is 0 Å². The van der Waals surface area contributed by atoms with Gasteiger partial charge in [-0.1, -0.05) is 0 Å². The predicted octanol–water partition coefficient (Wildman–Crippen LogP) is 0.234. The molecule has 13 heavy (non-hydrogen) atoms. The molecule has 0 atom stereocenters. The number of alkyl halides is 1. The topological polar surface area (TPSA) is 53.7 Å². The lowest BCUT2D eigenvalue weighted by molar-refractivity contribution is 0.0188. The zero-order valence-electron chi connectivity index (χ0n) is 7.84. The van der Waals surface area contributed by atoms with Crippen LogP contribution >= 0.6 is 11.6 Å². The third kappa shape index (κ3) is 12.1. The van der Waals surface area contributed by atoms with Crippen LogP contribution in [-0.2, 0) is 14.2 Å². The summed E-state index contributed by atoms with van der Waals surface area (Å²) < 4.78 is 15.4. The van der Waals surface area contributed by atoms with Gasteiger partial charge in [0.25, 0.3) is 0 Å². The summed E-state index contributed by atoms with van der Waals surface area (Å²) in [5.74, 6) is 0.527. The van der Waals surface area contributed by atoms with Gasteiger partial charge in [-0.15, -0.1) is 11.6 Å². The predicted molar refractivity (Wildman–Crippen MR) is 52.2 cm³/mol. The maximum atomic E-state index is 5.40. The largest absolute Gasteiger partial charge is 0.378 e. The molecular formula is C8H18ClNO3. The summed E-state index contributed by atoms with van der Waals surface area (Å²) >= 11 is 5.40. The first kappa shape index (κ1) is 13.1. The molecule has 0 unspecified atom stereocenters. The van der Waals surface area contributed by atoms with Crippen molar-refractivity contribution in [2.24, 2.45) is 5.73 Å². The van der Waals surface area contributed by atoms with Crippen LogP contribution in [0.5, 0.6) is 0 Å². The first-order valence-electron chi connectivity index (χ1n) is 4.41. The van der Waals surface area contributed by atoms with E-state index in [2.05, 4.69) is 0 Å². The average Bonchev–Trinajstić information content (AvgIpc) is 2.16. The fraction of sp³-hybridized carbons (Fsp3) is 1.00. The summed E-state index contributed by atoms with van der Waals surface area (Å²) in [6.07, 6.45) is 0. The number of hydrogen-bond donors (Lipinski definition) is 1. The molecule has 0 spiro atoms. The molecule has 80 valence electrons. The standard InChI is InChI=1S/C8H18ClNO3/c9-1-3-11-5-7-13-8-6-12-4-2-10/h1-8,10H2. The number of nitrogens with two attached hydrogens (primary N) is 1. The molecule has 0 aromatic carbocycles. The van der Waals surface area contributed by atoms with Crippen LogP contribution in [-0.4, -0.2) is 52.1 Å². The molecule has 0 fully saturated rings. The Balaban J connectivity index is 2.76. The lowest BCUT2D eigenvalue weighted by atomic mass is 10.7. The molecule has 0 aromatic heterocycles. The maximum Gasteiger partial charge on any atom is 0.0701 e. The number of rotatable bonds is 10. The van der Waals surface area contributed by atoms with Gasteiger partial charge in [0.2, 0.25) is 0 Å². The average molecular weight is 212 g/mol. The monoisotopic (exact) mass is 211 g/mol. The van der Waals surface area contributed by atoms with Crippen LogP contribution in [0.2, 0.25) is 0 Å². The minimum atomic E-state index is 0.527. The van der Waals surface area contributed by atoms with E-state index in [1.54, 1.807) is 0 Å². The first-order valence-corrected chi connectivity index (χ1v) is 4.94. The Morgan fingerprint density at radius 1 is 0.769 bits per heavy atom. The van der Waals surface area contributed by atoms with Crippen molar-refractivity contribution in [3.63, 3.8) is 0 Å². The Hall–Kier alpha value is 0.130. The van der Waals surface area contributed by atoms with Crippen LogP contribution in [0.4, 0.5) is 0 Å². The van der Waals surface area contributed by atoms with E-state index in [9.17, 15) is 0 Å². The zero-order valence-corrected chi connectivity index (χ0v) is 8.59. The van der Waals surface area contributed by atoms with E-state index in [1.807, 2.05) is 0 Å². The minimum absolute atomic E-state index is 0.527. The highest BCUT2D eigenvalue weighted by molar-refractivity contribution is 6.17. The summed E-state index contributed by atoms with van der Waals surface area (Å²) in [7, 11) is 0. The molecule has 0 rings (SSSR count). The molecule has 4 nitrogen and oxygen atoms in total. The van der Waals surface area contributed by atoms with E-state index in [0.29, 0.717) is 52.1 Å². The molecule has 0 aliphatic carbocycles. The third-order valence-corrected chi connectivity index (χ3v) is 1.38. The first-order chi connectivity index (χ1) is 6.41. The van der Waals surface area contributed by atoms with Crippen LogP contribution in [0.1, 0.15) is 0 Å². The fourth-order valence-electron chi connectivity index (χ4n) is 0.680. The van der Waals surface area contributed by atoms with Gasteiger partial charge in [0.15, 0.2) is 0 Å². The molecule has 0 aliphatic heterocycles. The van der Waals surface area contributed by atoms with Crippen molar-refractivity contribution in [3.05, 3.63) is 0 Å². The van der Waals surface area contributed by atoms with Crippen molar-refractivity contribution in [2.75, 3.05) is 52.1 Å². The van der Waals surface area contributed by atoms with E-state index in [0.717, 1.165) is 0 Å². The van der Waals surface area contributed by atoms with Crippen LogP contribution in [0, 0.1) is 0 Å². The van der Waals surface area contributed by atoms with E-state index in [1.165, 1.54) is 0 Å². The number of halogens is 1. The Morgan fingerprint density at radius 3 is 1.69 bits per heavy atom. The third-order valence-electron chi connectivity index (χ3n) is 1.23. The van der Waals surface area contributed by atoms with Gasteiger partial charge in [-0.25, -0.2) is 0 Å². The van der Waals surface area contributed by atoms with Gasteiger partial charge < -0.3 is 19.9 Å². The highest BCUT2D eigenvalue weighted by Crippen LogP contribution is 1.82. The van der Waals surface area contributed by atoms with Crippen molar-refractivity contribution in [3.8, 4) is 0 Å². The molecule has 0 saturated heterocycles. The summed E-state index contributed by atoms with van der Waals surface area (Å²) in [5.41, 5.74) is 5.23. The molecule has 2 N–H and O–H groups in total. The van der Waals surface area contributed by atoms with Crippen molar-refractivity contribution in [1.82, 2.24) is 0 Å². The normalized spacial score (nSPS) is 10.6. The summed E-state index contributed by atoms with van der Waals surface area (Å²) in [6.45, 7) is 4.07. The molecule has 0 saturated carbocycles. The Labute approximate surface area is 84.3 Å². The van der Waals surface area contributed by atoms with Gasteiger partial charge in [0.05, 0.1) is 39.6 Å². The van der Waals surface area contributed by atoms with Gasteiger partial charge >= 0.3 is 0 Å². The fourth-order valence-corrected chi connectivity index (χ4v) is 0.789. The van der Waals surface area contributed by atoms with E-state index >= 15 is 0 Å². The molecule has 0 radical (unpaired) electrons. The van der Waals surface area contributed by atoms with Crippen molar-refractivity contribution in [2.45, 2.75) is 0 Å².